The summed E-state index contributed by atoms with van der Waals surface area (Å²) in [7, 11) is -4.64. The average molecular weight is 240 g/mol. The molecular formula is H3O4PVZr. The van der Waals surface area contributed by atoms with Crippen LogP contribution < -0.4 is 0 Å². The quantitative estimate of drug-likeness (QED) is 0.478. The molecule has 7 heteroatoms. The standard InChI is InChI=1S/H3O4P.V.Zr/c1-5(2,3)4;;/h(H3,1,2,3,4);;. The fraction of sp³-hybridized carbons (Fsp3) is 0. The predicted octanol–water partition coefficient (Wildman–Crippen LogP) is -0.934. The number of rotatable bonds is 0. The van der Waals surface area contributed by atoms with E-state index in [1.54, 1.807) is 0 Å². The monoisotopic (exact) mass is 239 g/mol. The van der Waals surface area contributed by atoms with Crippen LogP contribution in [0.15, 0.2) is 0 Å². The summed E-state index contributed by atoms with van der Waals surface area (Å²) in [6, 6.07) is 0. The van der Waals surface area contributed by atoms with Crippen LogP contribution in [-0.4, -0.2) is 14.7 Å². The number of hydrogen-bond donors (Lipinski definition) is 3. The van der Waals surface area contributed by atoms with E-state index in [9.17, 15) is 0 Å². The molecule has 3 N–H and O–H groups in total. The van der Waals surface area contributed by atoms with Gasteiger partial charge in [-0.3, -0.25) is 0 Å². The molecule has 0 aromatic carbocycles. The molecule has 0 aliphatic heterocycles. The minimum Gasteiger partial charge on any atom is -0.303 e. The van der Waals surface area contributed by atoms with Gasteiger partial charge in [0.1, 0.15) is 0 Å². The Morgan fingerprint density at radius 2 is 1.14 bits per heavy atom. The molecule has 0 saturated heterocycles. The first-order chi connectivity index (χ1) is 2.00. The van der Waals surface area contributed by atoms with Crippen LogP contribution in [0.2, 0.25) is 0 Å². The second-order valence-corrected chi connectivity index (χ2v) is 1.54. The van der Waals surface area contributed by atoms with E-state index in [4.69, 9.17) is 19.2 Å². The van der Waals surface area contributed by atoms with Gasteiger partial charge in [0.05, 0.1) is 0 Å². The summed E-state index contributed by atoms with van der Waals surface area (Å²) in [6.45, 7) is 0. The van der Waals surface area contributed by atoms with Crippen molar-refractivity contribution < 1.29 is 64.0 Å². The van der Waals surface area contributed by atoms with Gasteiger partial charge in [-0.15, -0.1) is 0 Å². The Bertz CT molecular complexity index is 57.8. The molecule has 0 atom stereocenters. The van der Waals surface area contributed by atoms with Gasteiger partial charge in [-0.05, 0) is 0 Å². The maximum atomic E-state index is 8.88. The van der Waals surface area contributed by atoms with E-state index < -0.39 is 7.82 Å². The van der Waals surface area contributed by atoms with E-state index in [-0.39, 0.29) is 44.8 Å². The molecule has 0 saturated carbocycles. The minimum absolute atomic E-state index is 0. The van der Waals surface area contributed by atoms with E-state index in [0.29, 0.717) is 0 Å². The van der Waals surface area contributed by atoms with Gasteiger partial charge in [0.15, 0.2) is 0 Å². The largest absolute Gasteiger partial charge is 0.466 e. The molecule has 0 aromatic rings. The molecule has 0 rings (SSSR count). The van der Waals surface area contributed by atoms with Crippen LogP contribution in [-0.2, 0) is 49.3 Å². The maximum absolute atomic E-state index is 8.88. The molecule has 0 unspecified atom stereocenters. The Labute approximate surface area is 71.6 Å². The normalized spacial score (nSPS) is 8.43. The Balaban J connectivity index is -0.0000000800. The third kappa shape index (κ3) is 94.7. The van der Waals surface area contributed by atoms with E-state index in [1.807, 2.05) is 0 Å². The summed E-state index contributed by atoms with van der Waals surface area (Å²) in [5.41, 5.74) is 0. The molecule has 1 radical (unpaired) electrons. The summed E-state index contributed by atoms with van der Waals surface area (Å²) < 4.78 is 8.88. The third-order valence-corrected chi connectivity index (χ3v) is 0. The molecule has 7 heavy (non-hydrogen) atoms. The zero-order valence-electron chi connectivity index (χ0n) is 3.14. The van der Waals surface area contributed by atoms with Crippen molar-refractivity contribution in [3.8, 4) is 0 Å². The van der Waals surface area contributed by atoms with Crippen LogP contribution in [0.4, 0.5) is 0 Å². The van der Waals surface area contributed by atoms with Crippen LogP contribution in [0.1, 0.15) is 0 Å². The van der Waals surface area contributed by atoms with Crippen LogP contribution in [0.3, 0.4) is 0 Å². The van der Waals surface area contributed by atoms with Gasteiger partial charge in [-0.2, -0.15) is 0 Å². The van der Waals surface area contributed by atoms with Gasteiger partial charge in [0.25, 0.3) is 0 Å². The van der Waals surface area contributed by atoms with Crippen LogP contribution >= 0.6 is 7.82 Å². The van der Waals surface area contributed by atoms with Crippen molar-refractivity contribution in [1.82, 2.24) is 0 Å². The van der Waals surface area contributed by atoms with Crippen molar-refractivity contribution in [3.05, 3.63) is 0 Å². The summed E-state index contributed by atoms with van der Waals surface area (Å²) in [6.07, 6.45) is 0. The van der Waals surface area contributed by atoms with E-state index >= 15 is 0 Å². The summed E-state index contributed by atoms with van der Waals surface area (Å²) >= 11 is 0. The second kappa shape index (κ2) is 5.71. The zero-order valence-corrected chi connectivity index (χ0v) is 7.89. The maximum Gasteiger partial charge on any atom is 0.466 e. The van der Waals surface area contributed by atoms with Crippen molar-refractivity contribution in [1.29, 1.82) is 0 Å². The van der Waals surface area contributed by atoms with Gasteiger partial charge in [-0.1, -0.05) is 0 Å². The molecule has 0 heterocycles. The Morgan fingerprint density at radius 3 is 1.14 bits per heavy atom. The molecule has 0 aliphatic rings. The van der Waals surface area contributed by atoms with E-state index in [0.717, 1.165) is 0 Å². The smallest absolute Gasteiger partial charge is 0.303 e. The van der Waals surface area contributed by atoms with Gasteiger partial charge in [0, 0.05) is 44.8 Å². The van der Waals surface area contributed by atoms with E-state index in [1.165, 1.54) is 0 Å². The van der Waals surface area contributed by atoms with Gasteiger partial charge >= 0.3 is 7.82 Å². The molecule has 0 amide bonds. The van der Waals surface area contributed by atoms with Crippen molar-refractivity contribution in [3.63, 3.8) is 0 Å². The number of phosphoric acid groups is 1. The summed E-state index contributed by atoms with van der Waals surface area (Å²) in [5, 5.41) is 0. The van der Waals surface area contributed by atoms with Crippen molar-refractivity contribution in [2.75, 3.05) is 0 Å². The average Bonchev–Trinajstić information content (AvgIpc) is 0.722. The Hall–Kier alpha value is 1.58. The van der Waals surface area contributed by atoms with Crippen LogP contribution in [0, 0.1) is 0 Å². The van der Waals surface area contributed by atoms with Crippen molar-refractivity contribution in [2.24, 2.45) is 0 Å². The fourth-order valence-corrected chi connectivity index (χ4v) is 0. The molecule has 4 nitrogen and oxygen atoms in total. The molecule has 0 bridgehead atoms. The Morgan fingerprint density at radius 1 is 1.14 bits per heavy atom. The molecule has 0 spiro atoms. The topological polar surface area (TPSA) is 77.8 Å². The molecule has 0 aromatic heterocycles. The first-order valence-electron chi connectivity index (χ1n) is 0.783. The fourth-order valence-electron chi connectivity index (χ4n) is 0. The molecule has 0 fully saturated rings. The first kappa shape index (κ1) is 15.8. The van der Waals surface area contributed by atoms with Gasteiger partial charge in [0.2, 0.25) is 0 Å². The van der Waals surface area contributed by atoms with Gasteiger partial charge in [-0.25, -0.2) is 4.57 Å². The zero-order chi connectivity index (χ0) is 4.50. The SMILES string of the molecule is O=P(O)(O)O.[V].[Zr]. The number of hydrogen-bond acceptors (Lipinski definition) is 1. The summed E-state index contributed by atoms with van der Waals surface area (Å²) in [5.74, 6) is 0. The third-order valence-electron chi connectivity index (χ3n) is 0. The van der Waals surface area contributed by atoms with E-state index in [2.05, 4.69) is 0 Å². The molecule has 41 valence electrons. The van der Waals surface area contributed by atoms with Crippen molar-refractivity contribution >= 4 is 7.82 Å². The van der Waals surface area contributed by atoms with Crippen molar-refractivity contribution in [2.45, 2.75) is 0 Å². The van der Waals surface area contributed by atoms with Crippen LogP contribution in [0.25, 0.3) is 0 Å². The van der Waals surface area contributed by atoms with Crippen LogP contribution in [0.5, 0.6) is 0 Å². The first-order valence-corrected chi connectivity index (χ1v) is 2.35. The summed E-state index contributed by atoms with van der Waals surface area (Å²) in [4.78, 5) is 21.6. The molecular weight excluding hydrogens is 237 g/mol. The minimum atomic E-state index is -4.64. The van der Waals surface area contributed by atoms with Gasteiger partial charge < -0.3 is 14.7 Å². The molecule has 0 aliphatic carbocycles. The predicted molar refractivity (Wildman–Crippen MR) is 14.3 cm³/mol. The Kier molecular flexibility index (Phi) is 12.9. The second-order valence-electron chi connectivity index (χ2n) is 0.513.